The zero-order valence-corrected chi connectivity index (χ0v) is 16.3. The Morgan fingerprint density at radius 3 is 3.00 bits per heavy atom. The van der Waals surface area contributed by atoms with E-state index in [1.54, 1.807) is 19.2 Å². The molecule has 1 aromatic rings. The monoisotopic (exact) mass is 435 g/mol. The van der Waals surface area contributed by atoms with E-state index in [-0.39, 0.29) is 29.8 Å². The van der Waals surface area contributed by atoms with Gasteiger partial charge < -0.3 is 15.0 Å². The van der Waals surface area contributed by atoms with E-state index in [9.17, 15) is 4.39 Å². The second-order valence-electron chi connectivity index (χ2n) is 5.76. The predicted octanol–water partition coefficient (Wildman–Crippen LogP) is 2.92. The molecule has 1 aromatic carbocycles. The van der Waals surface area contributed by atoms with Gasteiger partial charge in [-0.2, -0.15) is 0 Å². The maximum atomic E-state index is 13.1. The Kier molecular flexibility index (Phi) is 9.47. The molecule has 6 heteroatoms. The first kappa shape index (κ1) is 20.2. The van der Waals surface area contributed by atoms with E-state index < -0.39 is 0 Å². The smallest absolute Gasteiger partial charge is 0.193 e. The fourth-order valence-corrected chi connectivity index (χ4v) is 2.91. The molecule has 1 aliphatic rings. The highest BCUT2D eigenvalue weighted by atomic mass is 127. The molecule has 1 atom stereocenters. The number of aliphatic imine (C=N–C) groups is 1. The van der Waals surface area contributed by atoms with Gasteiger partial charge in [0.05, 0.1) is 6.61 Å². The van der Waals surface area contributed by atoms with Gasteiger partial charge in [-0.05, 0) is 37.0 Å². The van der Waals surface area contributed by atoms with Gasteiger partial charge in [-0.1, -0.05) is 12.1 Å². The van der Waals surface area contributed by atoms with Crippen molar-refractivity contribution >= 4 is 29.9 Å². The van der Waals surface area contributed by atoms with Crippen molar-refractivity contribution in [2.24, 2.45) is 10.9 Å². The Labute approximate surface area is 155 Å². The highest BCUT2D eigenvalue weighted by Crippen LogP contribution is 2.16. The number of benzene rings is 1. The van der Waals surface area contributed by atoms with Crippen molar-refractivity contribution in [3.05, 3.63) is 35.6 Å². The molecule has 1 saturated heterocycles. The summed E-state index contributed by atoms with van der Waals surface area (Å²) < 4.78 is 18.3. The Bertz CT molecular complexity index is 498. The first-order chi connectivity index (χ1) is 10.7. The molecule has 0 aliphatic carbocycles. The Morgan fingerprint density at radius 1 is 1.48 bits per heavy atom. The molecule has 23 heavy (non-hydrogen) atoms. The van der Waals surface area contributed by atoms with E-state index in [1.807, 2.05) is 13.1 Å². The molecule has 1 N–H and O–H groups in total. The Hall–Kier alpha value is -0.890. The van der Waals surface area contributed by atoms with Gasteiger partial charge in [0.2, 0.25) is 0 Å². The average molecular weight is 435 g/mol. The van der Waals surface area contributed by atoms with Crippen LogP contribution in [0.4, 0.5) is 4.39 Å². The quantitative estimate of drug-likeness (QED) is 0.323. The summed E-state index contributed by atoms with van der Waals surface area (Å²) >= 11 is 0. The summed E-state index contributed by atoms with van der Waals surface area (Å²) in [4.78, 5) is 6.64. The van der Waals surface area contributed by atoms with Crippen LogP contribution in [0.1, 0.15) is 18.4 Å². The summed E-state index contributed by atoms with van der Waals surface area (Å²) in [5, 5.41) is 3.40. The third-order valence-corrected chi connectivity index (χ3v) is 4.01. The van der Waals surface area contributed by atoms with Crippen LogP contribution in [0.25, 0.3) is 0 Å². The first-order valence-electron chi connectivity index (χ1n) is 7.92. The SMILES string of the molecule is CN=C(NCCCc1cccc(F)c1)N1CCC(COC)C1.I. The fraction of sp³-hybridized carbons (Fsp3) is 0.588. The second-order valence-corrected chi connectivity index (χ2v) is 5.76. The molecule has 1 heterocycles. The molecule has 4 nitrogen and oxygen atoms in total. The number of methoxy groups -OCH3 is 1. The zero-order chi connectivity index (χ0) is 15.8. The number of hydrogen-bond acceptors (Lipinski definition) is 2. The van der Waals surface area contributed by atoms with Crippen LogP contribution < -0.4 is 5.32 Å². The molecule has 0 bridgehead atoms. The van der Waals surface area contributed by atoms with Crippen molar-refractivity contribution < 1.29 is 9.13 Å². The zero-order valence-electron chi connectivity index (χ0n) is 13.9. The average Bonchev–Trinajstić information content (AvgIpc) is 2.96. The molecular weight excluding hydrogens is 408 g/mol. The normalized spacial score (nSPS) is 18.0. The van der Waals surface area contributed by atoms with Crippen LogP contribution in [0.5, 0.6) is 0 Å². The highest BCUT2D eigenvalue weighted by Gasteiger charge is 2.24. The van der Waals surface area contributed by atoms with Gasteiger partial charge in [0, 0.05) is 39.7 Å². The standard InChI is InChI=1S/C17H26FN3O.HI/c1-19-17(21-10-8-15(12-21)13-22-2)20-9-4-6-14-5-3-7-16(18)11-14;/h3,5,7,11,15H,4,6,8-10,12-13H2,1-2H3,(H,19,20);1H. The lowest BCUT2D eigenvalue weighted by Crippen LogP contribution is -2.40. The van der Waals surface area contributed by atoms with E-state index in [2.05, 4.69) is 15.2 Å². The number of ether oxygens (including phenoxy) is 1. The highest BCUT2D eigenvalue weighted by molar-refractivity contribution is 14.0. The summed E-state index contributed by atoms with van der Waals surface area (Å²) in [6, 6.07) is 6.81. The van der Waals surface area contributed by atoms with E-state index >= 15 is 0 Å². The van der Waals surface area contributed by atoms with Crippen LogP contribution in [-0.4, -0.2) is 51.3 Å². The molecular formula is C17H27FIN3O. The topological polar surface area (TPSA) is 36.9 Å². The van der Waals surface area contributed by atoms with Gasteiger partial charge in [-0.15, -0.1) is 24.0 Å². The third kappa shape index (κ3) is 6.63. The maximum Gasteiger partial charge on any atom is 0.193 e. The number of hydrogen-bond donors (Lipinski definition) is 1. The number of halogens is 2. The van der Waals surface area contributed by atoms with Crippen molar-refractivity contribution in [1.82, 2.24) is 10.2 Å². The summed E-state index contributed by atoms with van der Waals surface area (Å²) in [6.45, 7) is 3.68. The number of guanidine groups is 1. The van der Waals surface area contributed by atoms with Crippen molar-refractivity contribution in [2.45, 2.75) is 19.3 Å². The predicted molar refractivity (Wildman–Crippen MR) is 103 cm³/mol. The van der Waals surface area contributed by atoms with Gasteiger partial charge in [-0.25, -0.2) is 4.39 Å². The molecule has 0 radical (unpaired) electrons. The number of rotatable bonds is 6. The summed E-state index contributed by atoms with van der Waals surface area (Å²) in [7, 11) is 3.57. The van der Waals surface area contributed by atoms with Gasteiger partial charge >= 0.3 is 0 Å². The molecule has 130 valence electrons. The lowest BCUT2D eigenvalue weighted by atomic mass is 10.1. The van der Waals surface area contributed by atoms with Crippen LogP contribution in [0.3, 0.4) is 0 Å². The van der Waals surface area contributed by atoms with E-state index in [0.717, 1.165) is 57.0 Å². The van der Waals surface area contributed by atoms with E-state index in [1.165, 1.54) is 6.07 Å². The van der Waals surface area contributed by atoms with Crippen molar-refractivity contribution in [3.8, 4) is 0 Å². The molecule has 0 saturated carbocycles. The van der Waals surface area contributed by atoms with Gasteiger partial charge in [0.1, 0.15) is 5.82 Å². The second kappa shape index (κ2) is 10.8. The van der Waals surface area contributed by atoms with Crippen molar-refractivity contribution in [1.29, 1.82) is 0 Å². The number of likely N-dealkylation sites (tertiary alicyclic amines) is 1. The minimum atomic E-state index is -0.164. The molecule has 0 amide bonds. The maximum absolute atomic E-state index is 13.1. The Morgan fingerprint density at radius 2 is 2.30 bits per heavy atom. The summed E-state index contributed by atoms with van der Waals surface area (Å²) in [5.41, 5.74) is 1.04. The van der Waals surface area contributed by atoms with Crippen LogP contribution >= 0.6 is 24.0 Å². The number of nitrogens with zero attached hydrogens (tertiary/aromatic N) is 2. The fourth-order valence-electron chi connectivity index (χ4n) is 2.91. The van der Waals surface area contributed by atoms with Crippen LogP contribution in [0.2, 0.25) is 0 Å². The molecule has 1 fully saturated rings. The molecule has 1 aliphatic heterocycles. The Balaban J connectivity index is 0.00000264. The van der Waals surface area contributed by atoms with Crippen LogP contribution in [0.15, 0.2) is 29.3 Å². The van der Waals surface area contributed by atoms with Gasteiger partial charge in [0.15, 0.2) is 5.96 Å². The van der Waals surface area contributed by atoms with E-state index in [4.69, 9.17) is 4.74 Å². The molecule has 0 spiro atoms. The summed E-state index contributed by atoms with van der Waals surface area (Å²) in [6.07, 6.45) is 2.98. The molecule has 0 aromatic heterocycles. The minimum Gasteiger partial charge on any atom is -0.384 e. The van der Waals surface area contributed by atoms with E-state index in [0.29, 0.717) is 5.92 Å². The number of aryl methyl sites for hydroxylation is 1. The molecule has 1 unspecified atom stereocenters. The lowest BCUT2D eigenvalue weighted by Gasteiger charge is -2.21. The largest absolute Gasteiger partial charge is 0.384 e. The number of nitrogens with one attached hydrogen (secondary N) is 1. The van der Waals surface area contributed by atoms with Gasteiger partial charge in [0.25, 0.3) is 0 Å². The first-order valence-corrected chi connectivity index (χ1v) is 7.92. The van der Waals surface area contributed by atoms with Gasteiger partial charge in [-0.3, -0.25) is 4.99 Å². The lowest BCUT2D eigenvalue weighted by molar-refractivity contribution is 0.157. The van der Waals surface area contributed by atoms with Crippen molar-refractivity contribution in [3.63, 3.8) is 0 Å². The van der Waals surface area contributed by atoms with Crippen LogP contribution in [-0.2, 0) is 11.2 Å². The third-order valence-electron chi connectivity index (χ3n) is 4.01. The van der Waals surface area contributed by atoms with Crippen LogP contribution in [0, 0.1) is 11.7 Å². The van der Waals surface area contributed by atoms with Crippen molar-refractivity contribution in [2.75, 3.05) is 40.4 Å². The molecule has 2 rings (SSSR count). The summed E-state index contributed by atoms with van der Waals surface area (Å²) in [5.74, 6) is 1.39. The minimum absolute atomic E-state index is 0.